The van der Waals surface area contributed by atoms with Crippen LogP contribution in [0, 0.1) is 0 Å². The van der Waals surface area contributed by atoms with Gasteiger partial charge < -0.3 is 10.1 Å². The summed E-state index contributed by atoms with van der Waals surface area (Å²) < 4.78 is 5.48. The predicted octanol–water partition coefficient (Wildman–Crippen LogP) is 5.22. The third kappa shape index (κ3) is 3.97. The quantitative estimate of drug-likeness (QED) is 0.734. The monoisotopic (exact) mass is 383 g/mol. The lowest BCUT2D eigenvalue weighted by molar-refractivity contribution is -0.123. The Morgan fingerprint density at radius 1 is 1.12 bits per heavy atom. The number of amides is 1. The normalized spacial score (nSPS) is 16.4. The lowest BCUT2D eigenvalue weighted by atomic mass is 9.88. The highest BCUT2D eigenvalue weighted by atomic mass is 35.5. The smallest absolute Gasteiger partial charge is 0.258 e. The molecule has 0 saturated heterocycles. The highest BCUT2D eigenvalue weighted by molar-refractivity contribution is 6.43. The molecule has 0 radical (unpaired) electrons. The van der Waals surface area contributed by atoms with Crippen LogP contribution < -0.4 is 10.1 Å². The maximum atomic E-state index is 12.2. The average Bonchev–Trinajstić information content (AvgIpc) is 2.57. The summed E-state index contributed by atoms with van der Waals surface area (Å²) in [6, 6.07) is 11.2. The molecular formula is C18H16Cl3NO2. The molecule has 6 heteroatoms. The second kappa shape index (κ2) is 7.64. The van der Waals surface area contributed by atoms with E-state index in [1.54, 1.807) is 0 Å². The number of carbonyl (C=O) groups is 1. The molecule has 24 heavy (non-hydrogen) atoms. The lowest BCUT2D eigenvalue weighted by Crippen LogP contribution is -2.34. The molecule has 0 heterocycles. The van der Waals surface area contributed by atoms with Crippen LogP contribution in [-0.2, 0) is 11.2 Å². The molecular weight excluding hydrogens is 369 g/mol. The van der Waals surface area contributed by atoms with E-state index < -0.39 is 0 Å². The number of ether oxygens (including phenoxy) is 1. The third-order valence-electron chi connectivity index (χ3n) is 4.04. The minimum absolute atomic E-state index is 0.0235. The van der Waals surface area contributed by atoms with Crippen molar-refractivity contribution in [3.8, 4) is 5.75 Å². The first-order chi connectivity index (χ1) is 11.5. The SMILES string of the molecule is O=C(COc1cc(Cl)c(Cl)cc1Cl)N[C@@H]1CCCc2ccccc21. The fraction of sp³-hybridized carbons (Fsp3) is 0.278. The number of benzene rings is 2. The maximum absolute atomic E-state index is 12.2. The first-order valence-corrected chi connectivity index (χ1v) is 8.82. The Hall–Kier alpha value is -1.42. The summed E-state index contributed by atoms with van der Waals surface area (Å²) >= 11 is 17.9. The van der Waals surface area contributed by atoms with E-state index in [2.05, 4.69) is 17.4 Å². The van der Waals surface area contributed by atoms with Gasteiger partial charge in [-0.1, -0.05) is 59.1 Å². The van der Waals surface area contributed by atoms with Gasteiger partial charge in [-0.2, -0.15) is 0 Å². The van der Waals surface area contributed by atoms with Crippen molar-refractivity contribution in [1.82, 2.24) is 5.32 Å². The van der Waals surface area contributed by atoms with Crippen molar-refractivity contribution < 1.29 is 9.53 Å². The molecule has 1 aliphatic rings. The van der Waals surface area contributed by atoms with Crippen molar-refractivity contribution >= 4 is 40.7 Å². The lowest BCUT2D eigenvalue weighted by Gasteiger charge is -2.26. The molecule has 0 aromatic heterocycles. The van der Waals surface area contributed by atoms with Crippen LogP contribution in [0.2, 0.25) is 15.1 Å². The van der Waals surface area contributed by atoms with Crippen LogP contribution in [0.15, 0.2) is 36.4 Å². The van der Waals surface area contributed by atoms with Gasteiger partial charge in [-0.15, -0.1) is 0 Å². The van der Waals surface area contributed by atoms with Gasteiger partial charge in [-0.3, -0.25) is 4.79 Å². The summed E-state index contributed by atoms with van der Waals surface area (Å²) in [5, 5.41) is 4.02. The van der Waals surface area contributed by atoms with Crippen molar-refractivity contribution in [3.63, 3.8) is 0 Å². The van der Waals surface area contributed by atoms with E-state index in [9.17, 15) is 4.79 Å². The average molecular weight is 385 g/mol. The molecule has 0 spiro atoms. The zero-order chi connectivity index (χ0) is 17.1. The Morgan fingerprint density at radius 2 is 1.88 bits per heavy atom. The van der Waals surface area contributed by atoms with E-state index in [0.717, 1.165) is 19.3 Å². The number of nitrogens with one attached hydrogen (secondary N) is 1. The van der Waals surface area contributed by atoms with Gasteiger partial charge in [-0.05, 0) is 36.5 Å². The molecule has 2 aromatic rings. The Labute approximate surface area is 155 Å². The van der Waals surface area contributed by atoms with Crippen LogP contribution in [-0.4, -0.2) is 12.5 Å². The molecule has 2 aromatic carbocycles. The molecule has 3 rings (SSSR count). The van der Waals surface area contributed by atoms with Gasteiger partial charge >= 0.3 is 0 Å². The van der Waals surface area contributed by atoms with E-state index in [1.807, 2.05) is 12.1 Å². The highest BCUT2D eigenvalue weighted by Crippen LogP contribution is 2.34. The van der Waals surface area contributed by atoms with Gasteiger partial charge in [0.25, 0.3) is 5.91 Å². The van der Waals surface area contributed by atoms with Crippen LogP contribution in [0.25, 0.3) is 0 Å². The van der Waals surface area contributed by atoms with E-state index >= 15 is 0 Å². The number of halogens is 3. The second-order valence-corrected chi connectivity index (χ2v) is 6.92. The van der Waals surface area contributed by atoms with Crippen molar-refractivity contribution in [2.24, 2.45) is 0 Å². The first-order valence-electron chi connectivity index (χ1n) is 7.69. The van der Waals surface area contributed by atoms with Crippen LogP contribution >= 0.6 is 34.8 Å². The molecule has 0 unspecified atom stereocenters. The number of carbonyl (C=O) groups excluding carboxylic acids is 1. The zero-order valence-corrected chi connectivity index (χ0v) is 15.1. The van der Waals surface area contributed by atoms with E-state index in [4.69, 9.17) is 39.5 Å². The minimum atomic E-state index is -0.196. The Kier molecular flexibility index (Phi) is 5.54. The van der Waals surface area contributed by atoms with Gasteiger partial charge in [-0.25, -0.2) is 0 Å². The van der Waals surface area contributed by atoms with Gasteiger partial charge in [0.15, 0.2) is 6.61 Å². The number of hydrogen-bond acceptors (Lipinski definition) is 2. The standard InChI is InChI=1S/C18H16Cl3NO2/c19-13-8-15(21)17(9-14(13)20)24-10-18(23)22-16-7-3-5-11-4-1-2-6-12(11)16/h1-2,4,6,8-9,16H,3,5,7,10H2,(H,22,23)/t16-/m1/s1. The van der Waals surface area contributed by atoms with E-state index in [-0.39, 0.29) is 18.6 Å². The number of aryl methyl sites for hydroxylation is 1. The highest BCUT2D eigenvalue weighted by Gasteiger charge is 2.21. The topological polar surface area (TPSA) is 38.3 Å². The summed E-state index contributed by atoms with van der Waals surface area (Å²) in [7, 11) is 0. The predicted molar refractivity (Wildman–Crippen MR) is 97.2 cm³/mol. The molecule has 0 aliphatic heterocycles. The van der Waals surface area contributed by atoms with Crippen LogP contribution in [0.5, 0.6) is 5.75 Å². The third-order valence-corrected chi connectivity index (χ3v) is 5.06. The molecule has 1 atom stereocenters. The van der Waals surface area contributed by atoms with Gasteiger partial charge in [0.1, 0.15) is 5.75 Å². The van der Waals surface area contributed by atoms with Crippen molar-refractivity contribution in [3.05, 3.63) is 62.6 Å². The Bertz CT molecular complexity index is 764. The maximum Gasteiger partial charge on any atom is 0.258 e. The van der Waals surface area contributed by atoms with Crippen LogP contribution in [0.4, 0.5) is 0 Å². The van der Waals surface area contributed by atoms with Crippen molar-refractivity contribution in [2.45, 2.75) is 25.3 Å². The largest absolute Gasteiger partial charge is 0.482 e. The van der Waals surface area contributed by atoms with Crippen molar-refractivity contribution in [1.29, 1.82) is 0 Å². The summed E-state index contributed by atoms with van der Waals surface area (Å²) in [5.41, 5.74) is 2.48. The molecule has 126 valence electrons. The molecule has 1 amide bonds. The summed E-state index contributed by atoms with van der Waals surface area (Å²) in [5.74, 6) is 0.143. The van der Waals surface area contributed by atoms with E-state index in [0.29, 0.717) is 20.8 Å². The number of hydrogen-bond donors (Lipinski definition) is 1. The number of rotatable bonds is 4. The zero-order valence-electron chi connectivity index (χ0n) is 12.8. The van der Waals surface area contributed by atoms with E-state index in [1.165, 1.54) is 23.3 Å². The molecule has 0 bridgehead atoms. The van der Waals surface area contributed by atoms with Crippen molar-refractivity contribution in [2.75, 3.05) is 6.61 Å². The van der Waals surface area contributed by atoms with Gasteiger partial charge in [0.05, 0.1) is 21.1 Å². The molecule has 3 nitrogen and oxygen atoms in total. The van der Waals surface area contributed by atoms with Crippen LogP contribution in [0.3, 0.4) is 0 Å². The fourth-order valence-electron chi connectivity index (χ4n) is 2.90. The summed E-state index contributed by atoms with van der Waals surface area (Å²) in [6.45, 7) is -0.129. The molecule has 1 aliphatic carbocycles. The van der Waals surface area contributed by atoms with Gasteiger partial charge in [0, 0.05) is 6.07 Å². The molecule has 1 N–H and O–H groups in total. The first kappa shape index (κ1) is 17.4. The fourth-order valence-corrected chi connectivity index (χ4v) is 3.49. The Balaban J connectivity index is 1.62. The summed E-state index contributed by atoms with van der Waals surface area (Å²) in [4.78, 5) is 12.2. The Morgan fingerprint density at radius 3 is 2.71 bits per heavy atom. The molecule has 0 fully saturated rings. The minimum Gasteiger partial charge on any atom is -0.482 e. The number of fused-ring (bicyclic) bond motifs is 1. The van der Waals surface area contributed by atoms with Crippen LogP contribution in [0.1, 0.15) is 30.0 Å². The van der Waals surface area contributed by atoms with Gasteiger partial charge in [0.2, 0.25) is 0 Å². The summed E-state index contributed by atoms with van der Waals surface area (Å²) in [6.07, 6.45) is 3.04. The second-order valence-electron chi connectivity index (χ2n) is 5.70. The molecule has 0 saturated carbocycles.